The molecule has 0 saturated carbocycles. The lowest BCUT2D eigenvalue weighted by molar-refractivity contribution is -0.119. The van der Waals surface area contributed by atoms with E-state index in [0.29, 0.717) is 28.1 Å². The van der Waals surface area contributed by atoms with Crippen LogP contribution in [0.5, 0.6) is 11.5 Å². The van der Waals surface area contributed by atoms with E-state index in [1.807, 2.05) is 24.3 Å². The van der Waals surface area contributed by atoms with Crippen LogP contribution in [0.15, 0.2) is 60.7 Å². The van der Waals surface area contributed by atoms with E-state index in [1.165, 1.54) is 0 Å². The third-order valence-corrected chi connectivity index (χ3v) is 4.03. The second-order valence-corrected chi connectivity index (χ2v) is 5.71. The molecule has 0 aromatic heterocycles. The number of anilines is 1. The molecule has 0 aliphatic rings. The van der Waals surface area contributed by atoms with Crippen LogP contribution in [0.1, 0.15) is 10.4 Å². The van der Waals surface area contributed by atoms with E-state index in [2.05, 4.69) is 5.32 Å². The topological polar surface area (TPSA) is 73.9 Å². The highest BCUT2D eigenvalue weighted by molar-refractivity contribution is 6.07. The number of fused-ring (bicyclic) bond motifs is 1. The zero-order valence-electron chi connectivity index (χ0n) is 15.0. The minimum absolute atomic E-state index is 0.378. The Hall–Kier alpha value is -3.54. The summed E-state index contributed by atoms with van der Waals surface area (Å²) in [7, 11) is 3.14. The molecule has 1 N–H and O–H groups in total. The fourth-order valence-electron chi connectivity index (χ4n) is 2.71. The largest absolute Gasteiger partial charge is 0.497 e. The first-order chi connectivity index (χ1) is 13.1. The van der Waals surface area contributed by atoms with Gasteiger partial charge >= 0.3 is 5.97 Å². The first-order valence-corrected chi connectivity index (χ1v) is 8.29. The molecular weight excluding hydrogens is 346 g/mol. The van der Waals surface area contributed by atoms with Crippen LogP contribution in [0.2, 0.25) is 0 Å². The van der Waals surface area contributed by atoms with Crippen LogP contribution < -0.4 is 14.8 Å². The van der Waals surface area contributed by atoms with Gasteiger partial charge in [-0.15, -0.1) is 0 Å². The molecule has 138 valence electrons. The number of rotatable bonds is 6. The summed E-state index contributed by atoms with van der Waals surface area (Å²) in [6, 6.07) is 17.6. The summed E-state index contributed by atoms with van der Waals surface area (Å²) in [6.07, 6.45) is 0. The average Bonchev–Trinajstić information content (AvgIpc) is 2.71. The molecule has 3 aromatic carbocycles. The lowest BCUT2D eigenvalue weighted by Gasteiger charge is -2.11. The van der Waals surface area contributed by atoms with Gasteiger partial charge in [0.25, 0.3) is 5.91 Å². The van der Waals surface area contributed by atoms with Gasteiger partial charge in [-0.25, -0.2) is 4.79 Å². The van der Waals surface area contributed by atoms with E-state index in [0.717, 1.165) is 5.39 Å². The summed E-state index contributed by atoms with van der Waals surface area (Å²) >= 11 is 0. The summed E-state index contributed by atoms with van der Waals surface area (Å²) in [4.78, 5) is 24.5. The average molecular weight is 365 g/mol. The molecule has 0 bridgehead atoms. The summed E-state index contributed by atoms with van der Waals surface area (Å²) < 4.78 is 15.6. The predicted octanol–water partition coefficient (Wildman–Crippen LogP) is 3.65. The van der Waals surface area contributed by atoms with Crippen molar-refractivity contribution in [3.8, 4) is 11.5 Å². The SMILES string of the molecule is COc1ccc(NC(=O)COC(=O)c2ccc(OC)c3ccccc23)cc1. The molecule has 0 heterocycles. The van der Waals surface area contributed by atoms with Crippen molar-refractivity contribution in [2.24, 2.45) is 0 Å². The number of hydrogen-bond acceptors (Lipinski definition) is 5. The molecular formula is C21H19NO5. The normalized spacial score (nSPS) is 10.3. The van der Waals surface area contributed by atoms with Crippen LogP contribution in [0, 0.1) is 0 Å². The van der Waals surface area contributed by atoms with Crippen LogP contribution in [0.3, 0.4) is 0 Å². The molecule has 27 heavy (non-hydrogen) atoms. The lowest BCUT2D eigenvalue weighted by Crippen LogP contribution is -2.21. The molecule has 0 unspecified atom stereocenters. The number of carbonyl (C=O) groups is 2. The maximum atomic E-state index is 12.4. The van der Waals surface area contributed by atoms with Gasteiger partial charge in [-0.2, -0.15) is 0 Å². The highest BCUT2D eigenvalue weighted by Crippen LogP contribution is 2.28. The zero-order chi connectivity index (χ0) is 19.2. The molecule has 0 radical (unpaired) electrons. The summed E-state index contributed by atoms with van der Waals surface area (Å²) in [5, 5.41) is 4.17. The third-order valence-electron chi connectivity index (χ3n) is 4.03. The standard InChI is InChI=1S/C21H19NO5/c1-25-15-9-7-14(8-10-15)22-20(23)13-27-21(24)18-11-12-19(26-2)17-6-4-3-5-16(17)18/h3-12H,13H2,1-2H3,(H,22,23). The van der Waals surface area contributed by atoms with Crippen LogP contribution in [0.25, 0.3) is 10.8 Å². The van der Waals surface area contributed by atoms with Gasteiger partial charge in [-0.3, -0.25) is 4.79 Å². The Morgan fingerprint density at radius 2 is 1.56 bits per heavy atom. The lowest BCUT2D eigenvalue weighted by atomic mass is 10.0. The highest BCUT2D eigenvalue weighted by atomic mass is 16.5. The molecule has 0 saturated heterocycles. The van der Waals surface area contributed by atoms with Crippen molar-refractivity contribution in [2.45, 2.75) is 0 Å². The van der Waals surface area contributed by atoms with Crippen molar-refractivity contribution < 1.29 is 23.8 Å². The fraction of sp³-hybridized carbons (Fsp3) is 0.143. The maximum Gasteiger partial charge on any atom is 0.339 e. The van der Waals surface area contributed by atoms with Gasteiger partial charge in [0.2, 0.25) is 0 Å². The number of amides is 1. The maximum absolute atomic E-state index is 12.4. The van der Waals surface area contributed by atoms with Crippen LogP contribution >= 0.6 is 0 Å². The Kier molecular flexibility index (Phi) is 5.56. The number of esters is 1. The predicted molar refractivity (Wildman–Crippen MR) is 102 cm³/mol. The Balaban J connectivity index is 1.67. The second-order valence-electron chi connectivity index (χ2n) is 5.71. The highest BCUT2D eigenvalue weighted by Gasteiger charge is 2.15. The van der Waals surface area contributed by atoms with Crippen molar-refractivity contribution in [3.05, 3.63) is 66.2 Å². The third kappa shape index (κ3) is 4.17. The first kappa shape index (κ1) is 18.3. The van der Waals surface area contributed by atoms with Crippen LogP contribution in [-0.4, -0.2) is 32.7 Å². The number of hydrogen-bond donors (Lipinski definition) is 1. The molecule has 0 fully saturated rings. The van der Waals surface area contributed by atoms with Crippen molar-refractivity contribution in [2.75, 3.05) is 26.1 Å². The molecule has 3 rings (SSSR count). The zero-order valence-corrected chi connectivity index (χ0v) is 15.0. The molecule has 6 nitrogen and oxygen atoms in total. The van der Waals surface area contributed by atoms with Gasteiger partial charge in [0.05, 0.1) is 19.8 Å². The Labute approximate surface area is 156 Å². The summed E-state index contributed by atoms with van der Waals surface area (Å²) in [6.45, 7) is -0.384. The van der Waals surface area contributed by atoms with E-state index in [4.69, 9.17) is 14.2 Å². The molecule has 0 atom stereocenters. The van der Waals surface area contributed by atoms with Gasteiger partial charge in [0, 0.05) is 11.1 Å². The Bertz CT molecular complexity index is 966. The summed E-state index contributed by atoms with van der Waals surface area (Å²) in [5.74, 6) is 0.357. The number of ether oxygens (including phenoxy) is 3. The van der Waals surface area contributed by atoms with E-state index in [-0.39, 0.29) is 6.61 Å². The Morgan fingerprint density at radius 1 is 0.852 bits per heavy atom. The quantitative estimate of drug-likeness (QED) is 0.675. The van der Waals surface area contributed by atoms with E-state index in [9.17, 15) is 9.59 Å². The fourth-order valence-corrected chi connectivity index (χ4v) is 2.71. The van der Waals surface area contributed by atoms with Crippen molar-refractivity contribution >= 4 is 28.3 Å². The molecule has 6 heteroatoms. The molecule has 0 aliphatic heterocycles. The molecule has 0 spiro atoms. The Morgan fingerprint density at radius 3 is 2.22 bits per heavy atom. The summed E-state index contributed by atoms with van der Waals surface area (Å²) in [5.41, 5.74) is 0.968. The minimum Gasteiger partial charge on any atom is -0.497 e. The van der Waals surface area contributed by atoms with Crippen molar-refractivity contribution in [3.63, 3.8) is 0 Å². The number of benzene rings is 3. The van der Waals surface area contributed by atoms with Crippen molar-refractivity contribution in [1.82, 2.24) is 0 Å². The smallest absolute Gasteiger partial charge is 0.339 e. The van der Waals surface area contributed by atoms with Crippen molar-refractivity contribution in [1.29, 1.82) is 0 Å². The minimum atomic E-state index is -0.571. The number of carbonyl (C=O) groups excluding carboxylic acids is 2. The van der Waals surface area contributed by atoms with E-state index >= 15 is 0 Å². The van der Waals surface area contributed by atoms with E-state index in [1.54, 1.807) is 50.6 Å². The van der Waals surface area contributed by atoms with Gasteiger partial charge in [-0.05, 0) is 41.8 Å². The van der Waals surface area contributed by atoms with Crippen LogP contribution in [-0.2, 0) is 9.53 Å². The number of methoxy groups -OCH3 is 2. The first-order valence-electron chi connectivity index (χ1n) is 8.29. The second kappa shape index (κ2) is 8.23. The number of nitrogens with one attached hydrogen (secondary N) is 1. The monoisotopic (exact) mass is 365 g/mol. The van der Waals surface area contributed by atoms with Gasteiger partial charge in [-0.1, -0.05) is 24.3 Å². The van der Waals surface area contributed by atoms with Crippen LogP contribution in [0.4, 0.5) is 5.69 Å². The van der Waals surface area contributed by atoms with Gasteiger partial charge in [0.15, 0.2) is 6.61 Å². The van der Waals surface area contributed by atoms with Gasteiger partial charge < -0.3 is 19.5 Å². The van der Waals surface area contributed by atoms with E-state index < -0.39 is 11.9 Å². The van der Waals surface area contributed by atoms with Gasteiger partial charge in [0.1, 0.15) is 11.5 Å². The molecule has 3 aromatic rings. The molecule has 1 amide bonds. The molecule has 0 aliphatic carbocycles.